The molecule has 0 saturated heterocycles. The maximum absolute atomic E-state index is 12.5. The summed E-state index contributed by atoms with van der Waals surface area (Å²) in [5.74, 6) is 0.666. The van der Waals surface area contributed by atoms with E-state index in [1.807, 2.05) is 54.3 Å². The molecule has 0 aliphatic heterocycles. The molecule has 1 amide bonds. The van der Waals surface area contributed by atoms with Crippen LogP contribution in [-0.2, 0) is 49.4 Å². The molecule has 0 radical (unpaired) electrons. The molecule has 5 aromatic rings. The molecule has 0 fully saturated rings. The molecule has 4 heterocycles. The van der Waals surface area contributed by atoms with Crippen molar-refractivity contribution >= 4 is 5.91 Å². The number of ether oxygens (including phenoxy) is 1. The molecule has 4 aromatic heterocycles. The van der Waals surface area contributed by atoms with E-state index in [9.17, 15) is 4.79 Å². The van der Waals surface area contributed by atoms with Crippen molar-refractivity contribution in [3.63, 3.8) is 0 Å². The number of likely N-dealkylation sites (N-methyl/N-ethyl adjacent to an activating group) is 1. The highest BCUT2D eigenvalue weighted by Gasteiger charge is 2.27. The molecule has 0 saturated carbocycles. The molecular formula is C30H33N9O2. The quantitative estimate of drug-likeness (QED) is 0.277. The summed E-state index contributed by atoms with van der Waals surface area (Å²) in [6, 6.07) is 10.4. The molecule has 210 valence electrons. The molecule has 0 spiro atoms. The van der Waals surface area contributed by atoms with Crippen molar-refractivity contribution in [1.29, 1.82) is 0 Å². The van der Waals surface area contributed by atoms with E-state index in [4.69, 9.17) is 14.8 Å². The van der Waals surface area contributed by atoms with Gasteiger partial charge in [0.1, 0.15) is 12.4 Å². The lowest BCUT2D eigenvalue weighted by Gasteiger charge is -2.17. The SMILES string of the molecule is COCCN(C)C(=O)Cn1ccc(Cc2ncc3c(n2)-c2c(nn(C)c2-c2ccc(-c4cnn(C)c4)cc2)CC3)n1. The van der Waals surface area contributed by atoms with Crippen LogP contribution in [0, 0.1) is 0 Å². The Bertz CT molecular complexity index is 1700. The van der Waals surface area contributed by atoms with Gasteiger partial charge < -0.3 is 9.64 Å². The molecule has 0 N–H and O–H groups in total. The standard InChI is InChI=1S/C30H33N9O2/c1-36(13-14-41-4)27(40)19-39-12-11-24(34-39)15-26-31-16-22-9-10-25-28(29(22)33-26)30(38(3)35-25)21-7-5-20(6-8-21)23-17-32-37(2)18-23/h5-8,11-12,16-18H,9-10,13-15,19H2,1-4H3. The number of fused-ring (bicyclic) bond motifs is 3. The number of aromatic nitrogens is 8. The fraction of sp³-hybridized carbons (Fsp3) is 0.333. The van der Waals surface area contributed by atoms with E-state index < -0.39 is 0 Å². The van der Waals surface area contributed by atoms with Crippen LogP contribution in [0.5, 0.6) is 0 Å². The number of carbonyl (C=O) groups is 1. The highest BCUT2D eigenvalue weighted by Crippen LogP contribution is 2.39. The van der Waals surface area contributed by atoms with Gasteiger partial charge >= 0.3 is 0 Å². The van der Waals surface area contributed by atoms with Gasteiger partial charge in [-0.05, 0) is 30.0 Å². The zero-order valence-electron chi connectivity index (χ0n) is 23.8. The van der Waals surface area contributed by atoms with Gasteiger partial charge in [0.05, 0.1) is 42.0 Å². The van der Waals surface area contributed by atoms with E-state index in [-0.39, 0.29) is 12.5 Å². The summed E-state index contributed by atoms with van der Waals surface area (Å²) in [5.41, 5.74) is 9.32. The molecular weight excluding hydrogens is 518 g/mol. The van der Waals surface area contributed by atoms with Gasteiger partial charge in [0.2, 0.25) is 5.91 Å². The van der Waals surface area contributed by atoms with Crippen molar-refractivity contribution in [1.82, 2.24) is 44.2 Å². The Hall–Kier alpha value is -4.64. The summed E-state index contributed by atoms with van der Waals surface area (Å²) in [6.07, 6.45) is 9.82. The minimum Gasteiger partial charge on any atom is -0.383 e. The van der Waals surface area contributed by atoms with Crippen LogP contribution in [0.2, 0.25) is 0 Å². The zero-order valence-corrected chi connectivity index (χ0v) is 23.8. The predicted molar refractivity (Wildman–Crippen MR) is 154 cm³/mol. The lowest BCUT2D eigenvalue weighted by Crippen LogP contribution is -2.33. The van der Waals surface area contributed by atoms with Gasteiger partial charge in [0.15, 0.2) is 0 Å². The maximum Gasteiger partial charge on any atom is 0.244 e. The Labute approximate surface area is 238 Å². The summed E-state index contributed by atoms with van der Waals surface area (Å²) in [4.78, 5) is 23.8. The number of rotatable bonds is 9. The molecule has 0 atom stereocenters. The molecule has 0 bridgehead atoms. The van der Waals surface area contributed by atoms with Crippen LogP contribution in [0.3, 0.4) is 0 Å². The number of hydrogen-bond donors (Lipinski definition) is 0. The highest BCUT2D eigenvalue weighted by molar-refractivity contribution is 5.84. The Balaban J connectivity index is 1.25. The highest BCUT2D eigenvalue weighted by atomic mass is 16.5. The van der Waals surface area contributed by atoms with E-state index in [1.165, 1.54) is 0 Å². The first-order valence-corrected chi connectivity index (χ1v) is 13.7. The Morgan fingerprint density at radius 3 is 2.59 bits per heavy atom. The second kappa shape index (κ2) is 11.1. The lowest BCUT2D eigenvalue weighted by atomic mass is 9.91. The van der Waals surface area contributed by atoms with Gasteiger partial charge in [0, 0.05) is 70.1 Å². The third-order valence-corrected chi connectivity index (χ3v) is 7.49. The number of amides is 1. The number of carbonyl (C=O) groups excluding carboxylic acids is 1. The topological polar surface area (TPSA) is 109 Å². The van der Waals surface area contributed by atoms with Gasteiger partial charge in [-0.1, -0.05) is 24.3 Å². The van der Waals surface area contributed by atoms with Crippen LogP contribution in [0.15, 0.2) is 55.1 Å². The van der Waals surface area contributed by atoms with Gasteiger partial charge in [-0.25, -0.2) is 9.97 Å². The van der Waals surface area contributed by atoms with E-state index in [0.29, 0.717) is 25.4 Å². The summed E-state index contributed by atoms with van der Waals surface area (Å²) in [6.45, 7) is 1.21. The smallest absolute Gasteiger partial charge is 0.244 e. The van der Waals surface area contributed by atoms with Crippen molar-refractivity contribution < 1.29 is 9.53 Å². The molecule has 1 aromatic carbocycles. The van der Waals surface area contributed by atoms with Crippen molar-refractivity contribution in [2.24, 2.45) is 14.1 Å². The van der Waals surface area contributed by atoms with E-state index in [2.05, 4.69) is 39.4 Å². The first-order valence-electron chi connectivity index (χ1n) is 13.7. The fourth-order valence-electron chi connectivity index (χ4n) is 5.27. The number of methoxy groups -OCH3 is 1. The fourth-order valence-corrected chi connectivity index (χ4v) is 5.27. The largest absolute Gasteiger partial charge is 0.383 e. The third-order valence-electron chi connectivity index (χ3n) is 7.49. The zero-order chi connectivity index (χ0) is 28.5. The third kappa shape index (κ3) is 5.40. The van der Waals surface area contributed by atoms with Crippen molar-refractivity contribution in [3.05, 3.63) is 77.9 Å². The summed E-state index contributed by atoms with van der Waals surface area (Å²) in [7, 11) is 7.30. The summed E-state index contributed by atoms with van der Waals surface area (Å²) >= 11 is 0. The van der Waals surface area contributed by atoms with Crippen molar-refractivity contribution in [2.75, 3.05) is 27.3 Å². The monoisotopic (exact) mass is 551 g/mol. The van der Waals surface area contributed by atoms with Crippen molar-refractivity contribution in [2.45, 2.75) is 25.8 Å². The van der Waals surface area contributed by atoms with E-state index >= 15 is 0 Å². The minimum absolute atomic E-state index is 0.0214. The molecule has 6 rings (SSSR count). The molecule has 11 nitrogen and oxygen atoms in total. The minimum atomic E-state index is -0.0214. The second-order valence-corrected chi connectivity index (χ2v) is 10.4. The molecule has 11 heteroatoms. The Morgan fingerprint density at radius 2 is 1.83 bits per heavy atom. The van der Waals surface area contributed by atoms with Crippen LogP contribution in [0.4, 0.5) is 0 Å². The van der Waals surface area contributed by atoms with Gasteiger partial charge in [-0.3, -0.25) is 18.8 Å². The van der Waals surface area contributed by atoms with Gasteiger partial charge in [-0.2, -0.15) is 15.3 Å². The summed E-state index contributed by atoms with van der Waals surface area (Å²) in [5, 5.41) is 13.8. The van der Waals surface area contributed by atoms with Gasteiger partial charge in [0.25, 0.3) is 0 Å². The molecule has 41 heavy (non-hydrogen) atoms. The van der Waals surface area contributed by atoms with Crippen LogP contribution in [0.1, 0.15) is 22.8 Å². The molecule has 0 unspecified atom stereocenters. The number of hydrogen-bond acceptors (Lipinski definition) is 7. The maximum atomic E-state index is 12.5. The average Bonchev–Trinajstić information content (AvgIpc) is 3.70. The van der Waals surface area contributed by atoms with Crippen LogP contribution in [-0.4, -0.2) is 77.4 Å². The van der Waals surface area contributed by atoms with E-state index in [0.717, 1.165) is 63.4 Å². The predicted octanol–water partition coefficient (Wildman–Crippen LogP) is 2.94. The van der Waals surface area contributed by atoms with Crippen LogP contribution < -0.4 is 0 Å². The van der Waals surface area contributed by atoms with E-state index in [1.54, 1.807) is 23.7 Å². The number of aryl methyl sites for hydroxylation is 4. The molecule has 1 aliphatic carbocycles. The number of benzene rings is 1. The second-order valence-electron chi connectivity index (χ2n) is 10.4. The molecule has 1 aliphatic rings. The first-order chi connectivity index (χ1) is 19.9. The Kier molecular flexibility index (Phi) is 7.19. The van der Waals surface area contributed by atoms with Crippen LogP contribution in [0.25, 0.3) is 33.6 Å². The normalized spacial score (nSPS) is 12.3. The lowest BCUT2D eigenvalue weighted by molar-refractivity contribution is -0.131. The van der Waals surface area contributed by atoms with Crippen molar-refractivity contribution in [3.8, 4) is 33.6 Å². The first kappa shape index (κ1) is 26.6. The summed E-state index contributed by atoms with van der Waals surface area (Å²) < 4.78 is 10.5. The van der Waals surface area contributed by atoms with Crippen LogP contribution >= 0.6 is 0 Å². The average molecular weight is 552 g/mol. The van der Waals surface area contributed by atoms with Gasteiger partial charge in [-0.15, -0.1) is 0 Å². The number of nitrogens with zero attached hydrogens (tertiary/aromatic N) is 9. The Morgan fingerprint density at radius 1 is 1.02 bits per heavy atom.